The van der Waals surface area contributed by atoms with Crippen molar-refractivity contribution in [2.75, 3.05) is 13.2 Å². The molecular formula is C29H31F3O2. The Morgan fingerprint density at radius 2 is 1.68 bits per heavy atom. The zero-order valence-electron chi connectivity index (χ0n) is 19.6. The van der Waals surface area contributed by atoms with E-state index < -0.39 is 17.5 Å². The number of benzene rings is 2. The van der Waals surface area contributed by atoms with Crippen molar-refractivity contribution in [3.05, 3.63) is 103 Å². The topological polar surface area (TPSA) is 18.5 Å². The molecule has 0 radical (unpaired) electrons. The van der Waals surface area contributed by atoms with Crippen LogP contribution in [0.1, 0.15) is 44.1 Å². The highest BCUT2D eigenvalue weighted by atomic mass is 19.2. The minimum atomic E-state index is -0.841. The van der Waals surface area contributed by atoms with E-state index in [2.05, 4.69) is 19.7 Å². The van der Waals surface area contributed by atoms with Crippen molar-refractivity contribution in [1.29, 1.82) is 0 Å². The largest absolute Gasteiger partial charge is 0.494 e. The molecule has 2 nitrogen and oxygen atoms in total. The standard InChI is InChI=1S/C29H31F3O2/c1-5-21-7-9-22(10-8-21)25-15-16-26(29(32)28(25)31)23-11-13-24(14-12-23)34-18-19(3)27(30)17-20(4)33-6-2/h5,11-17,21-22H,1,3-4,6-10,18H2,2H3/b27-17+. The number of allylic oxidation sites excluding steroid dienone is 2. The summed E-state index contributed by atoms with van der Waals surface area (Å²) < 4.78 is 54.6. The first kappa shape index (κ1) is 25.4. The van der Waals surface area contributed by atoms with Gasteiger partial charge >= 0.3 is 0 Å². The van der Waals surface area contributed by atoms with E-state index in [1.807, 2.05) is 6.08 Å². The Kier molecular flexibility index (Phi) is 8.80. The van der Waals surface area contributed by atoms with E-state index in [4.69, 9.17) is 9.47 Å². The van der Waals surface area contributed by atoms with Gasteiger partial charge in [-0.15, -0.1) is 6.58 Å². The van der Waals surface area contributed by atoms with Gasteiger partial charge in [0.2, 0.25) is 0 Å². The zero-order valence-corrected chi connectivity index (χ0v) is 19.6. The van der Waals surface area contributed by atoms with Crippen LogP contribution < -0.4 is 4.74 Å². The average molecular weight is 469 g/mol. The fourth-order valence-electron chi connectivity index (χ4n) is 4.21. The van der Waals surface area contributed by atoms with Crippen molar-refractivity contribution < 1.29 is 22.6 Å². The lowest BCUT2D eigenvalue weighted by molar-refractivity contribution is 0.243. The number of ether oxygens (including phenoxy) is 2. The van der Waals surface area contributed by atoms with Crippen molar-refractivity contribution in [3.8, 4) is 16.9 Å². The van der Waals surface area contributed by atoms with E-state index in [1.54, 1.807) is 43.3 Å². The summed E-state index contributed by atoms with van der Waals surface area (Å²) in [5.74, 6) is -1.04. The molecule has 3 rings (SSSR count). The minimum Gasteiger partial charge on any atom is -0.494 e. The molecule has 0 unspecified atom stereocenters. The van der Waals surface area contributed by atoms with E-state index in [1.165, 1.54) is 0 Å². The number of hydrogen-bond donors (Lipinski definition) is 0. The SMILES string of the molecule is C=CC1CCC(c2ccc(-c3ccc(OCC(=C)/C(F)=C\C(=C)OCC)cc3)c(F)c2F)CC1. The molecule has 0 amide bonds. The van der Waals surface area contributed by atoms with Gasteiger partial charge in [-0.3, -0.25) is 0 Å². The number of halogens is 3. The predicted octanol–water partition coefficient (Wildman–Crippen LogP) is 8.43. The van der Waals surface area contributed by atoms with Crippen molar-refractivity contribution in [2.24, 2.45) is 5.92 Å². The molecule has 0 bridgehead atoms. The summed E-state index contributed by atoms with van der Waals surface area (Å²) >= 11 is 0. The molecule has 1 saturated carbocycles. The molecule has 0 spiro atoms. The Balaban J connectivity index is 1.65. The average Bonchev–Trinajstić information content (AvgIpc) is 2.85. The smallest absolute Gasteiger partial charge is 0.166 e. The van der Waals surface area contributed by atoms with Gasteiger partial charge in [-0.25, -0.2) is 13.2 Å². The molecule has 0 aromatic heterocycles. The van der Waals surface area contributed by atoms with Crippen molar-refractivity contribution in [1.82, 2.24) is 0 Å². The fourth-order valence-corrected chi connectivity index (χ4v) is 4.21. The summed E-state index contributed by atoms with van der Waals surface area (Å²) in [6, 6.07) is 9.89. The van der Waals surface area contributed by atoms with Gasteiger partial charge in [-0.2, -0.15) is 0 Å². The second-order valence-electron chi connectivity index (χ2n) is 8.49. The molecule has 0 N–H and O–H groups in total. The fraction of sp³-hybridized carbons (Fsp3) is 0.310. The van der Waals surface area contributed by atoms with Crippen LogP contribution in [0.3, 0.4) is 0 Å². The van der Waals surface area contributed by atoms with E-state index in [0.29, 0.717) is 29.4 Å². The number of rotatable bonds is 10. The van der Waals surface area contributed by atoms with E-state index in [9.17, 15) is 13.2 Å². The Morgan fingerprint density at radius 1 is 1.00 bits per heavy atom. The first-order valence-corrected chi connectivity index (χ1v) is 11.5. The Bertz CT molecular complexity index is 1060. The van der Waals surface area contributed by atoms with E-state index in [-0.39, 0.29) is 29.4 Å². The molecule has 34 heavy (non-hydrogen) atoms. The van der Waals surface area contributed by atoms with Gasteiger partial charge in [-0.05, 0) is 67.7 Å². The maximum absolute atomic E-state index is 14.9. The van der Waals surface area contributed by atoms with Gasteiger partial charge in [0.1, 0.15) is 23.9 Å². The van der Waals surface area contributed by atoms with Gasteiger partial charge in [0.25, 0.3) is 0 Å². The van der Waals surface area contributed by atoms with Crippen LogP contribution in [-0.2, 0) is 4.74 Å². The summed E-state index contributed by atoms with van der Waals surface area (Å²) in [4.78, 5) is 0. The summed E-state index contributed by atoms with van der Waals surface area (Å²) in [6.07, 6.45) is 6.67. The quantitative estimate of drug-likeness (QED) is 0.198. The van der Waals surface area contributed by atoms with Crippen LogP contribution in [0, 0.1) is 17.6 Å². The molecule has 2 aromatic rings. The Hall–Kier alpha value is -3.21. The molecule has 1 aliphatic carbocycles. The Morgan fingerprint density at radius 3 is 2.29 bits per heavy atom. The van der Waals surface area contributed by atoms with Crippen LogP contribution >= 0.6 is 0 Å². The van der Waals surface area contributed by atoms with Crippen LogP contribution in [0.4, 0.5) is 13.2 Å². The molecule has 0 aliphatic heterocycles. The molecule has 1 fully saturated rings. The third kappa shape index (κ3) is 6.22. The highest BCUT2D eigenvalue weighted by Crippen LogP contribution is 2.39. The van der Waals surface area contributed by atoms with Gasteiger partial charge in [-0.1, -0.05) is 43.5 Å². The van der Waals surface area contributed by atoms with E-state index in [0.717, 1.165) is 31.8 Å². The third-order valence-corrected chi connectivity index (χ3v) is 6.19. The first-order valence-electron chi connectivity index (χ1n) is 11.5. The highest BCUT2D eigenvalue weighted by Gasteiger charge is 2.25. The van der Waals surface area contributed by atoms with Crippen molar-refractivity contribution >= 4 is 0 Å². The molecule has 0 heterocycles. The van der Waals surface area contributed by atoms with Crippen molar-refractivity contribution in [3.63, 3.8) is 0 Å². The Labute approximate surface area is 200 Å². The second kappa shape index (κ2) is 11.8. The predicted molar refractivity (Wildman–Crippen MR) is 131 cm³/mol. The minimum absolute atomic E-state index is 0.0313. The number of hydrogen-bond acceptors (Lipinski definition) is 2. The molecule has 1 aliphatic rings. The normalized spacial score (nSPS) is 18.3. The first-order chi connectivity index (χ1) is 16.3. The third-order valence-electron chi connectivity index (χ3n) is 6.19. The summed E-state index contributed by atoms with van der Waals surface area (Å²) in [6.45, 7) is 13.2. The molecule has 5 heteroatoms. The second-order valence-corrected chi connectivity index (χ2v) is 8.49. The lowest BCUT2D eigenvalue weighted by atomic mass is 9.78. The van der Waals surface area contributed by atoms with Crippen LogP contribution in [0.15, 0.2) is 85.4 Å². The maximum atomic E-state index is 14.9. The van der Waals surface area contributed by atoms with Gasteiger partial charge < -0.3 is 9.47 Å². The summed E-state index contributed by atoms with van der Waals surface area (Å²) in [7, 11) is 0. The molecular weight excluding hydrogens is 437 g/mol. The summed E-state index contributed by atoms with van der Waals surface area (Å²) in [5.41, 5.74) is 1.31. The lowest BCUT2D eigenvalue weighted by Gasteiger charge is -2.27. The maximum Gasteiger partial charge on any atom is 0.166 e. The lowest BCUT2D eigenvalue weighted by Crippen LogP contribution is -2.13. The molecule has 0 atom stereocenters. The monoisotopic (exact) mass is 468 g/mol. The van der Waals surface area contributed by atoms with Crippen LogP contribution in [-0.4, -0.2) is 13.2 Å². The molecule has 180 valence electrons. The van der Waals surface area contributed by atoms with Crippen LogP contribution in [0.2, 0.25) is 0 Å². The zero-order chi connectivity index (χ0) is 24.7. The van der Waals surface area contributed by atoms with Gasteiger partial charge in [0.05, 0.1) is 6.61 Å². The van der Waals surface area contributed by atoms with Gasteiger partial charge in [0.15, 0.2) is 11.6 Å². The van der Waals surface area contributed by atoms with E-state index >= 15 is 0 Å². The van der Waals surface area contributed by atoms with Gasteiger partial charge in [0, 0.05) is 17.2 Å². The molecule has 0 saturated heterocycles. The van der Waals surface area contributed by atoms with Crippen LogP contribution in [0.25, 0.3) is 11.1 Å². The highest BCUT2D eigenvalue weighted by molar-refractivity contribution is 5.65. The van der Waals surface area contributed by atoms with Crippen molar-refractivity contribution in [2.45, 2.75) is 38.5 Å². The molecule has 2 aromatic carbocycles. The van der Waals surface area contributed by atoms with Crippen LogP contribution in [0.5, 0.6) is 5.75 Å². The summed E-state index contributed by atoms with van der Waals surface area (Å²) in [5, 5.41) is 0.